The first-order valence-electron chi connectivity index (χ1n) is 6.00. The Kier molecular flexibility index (Phi) is 3.89. The lowest BCUT2D eigenvalue weighted by atomic mass is 10.1. The lowest BCUT2D eigenvalue weighted by Gasteiger charge is -2.17. The number of methoxy groups -OCH3 is 1. The van der Waals surface area contributed by atoms with Gasteiger partial charge in [-0.25, -0.2) is 4.39 Å². The van der Waals surface area contributed by atoms with Crippen LogP contribution in [0.4, 0.5) is 15.8 Å². The Morgan fingerprint density at radius 3 is 2.40 bits per heavy atom. The highest BCUT2D eigenvalue weighted by Crippen LogP contribution is 2.21. The summed E-state index contributed by atoms with van der Waals surface area (Å²) >= 11 is 0. The van der Waals surface area contributed by atoms with Gasteiger partial charge < -0.3 is 15.4 Å². The van der Waals surface area contributed by atoms with Crippen molar-refractivity contribution in [2.45, 2.75) is 0 Å². The maximum atomic E-state index is 13.6. The van der Waals surface area contributed by atoms with Gasteiger partial charge in [-0.05, 0) is 42.5 Å². The van der Waals surface area contributed by atoms with Gasteiger partial charge in [-0.1, -0.05) is 0 Å². The molecule has 2 aromatic rings. The fourth-order valence-corrected chi connectivity index (χ4v) is 1.81. The summed E-state index contributed by atoms with van der Waals surface area (Å²) in [5.74, 6) is -0.767. The molecule has 0 saturated carbocycles. The maximum absolute atomic E-state index is 13.6. The molecule has 0 aromatic heterocycles. The third-order valence-electron chi connectivity index (χ3n) is 2.98. The molecule has 104 valence electrons. The van der Waals surface area contributed by atoms with Gasteiger partial charge >= 0.3 is 0 Å². The molecule has 0 heterocycles. The molecule has 0 fully saturated rings. The van der Waals surface area contributed by atoms with Crippen LogP contribution < -0.4 is 15.4 Å². The number of halogens is 1. The van der Waals surface area contributed by atoms with Crippen LogP contribution >= 0.6 is 0 Å². The highest BCUT2D eigenvalue weighted by molar-refractivity contribution is 6.05. The van der Waals surface area contributed by atoms with E-state index in [2.05, 4.69) is 0 Å². The Labute approximate surface area is 116 Å². The highest BCUT2D eigenvalue weighted by Gasteiger charge is 2.15. The molecule has 0 aliphatic rings. The molecule has 0 aliphatic carbocycles. The average molecular weight is 274 g/mol. The van der Waals surface area contributed by atoms with Gasteiger partial charge in [0.25, 0.3) is 5.91 Å². The number of benzene rings is 2. The fourth-order valence-electron chi connectivity index (χ4n) is 1.81. The minimum atomic E-state index is -0.566. The molecule has 0 unspecified atom stereocenters. The predicted octanol–water partition coefficient (Wildman–Crippen LogP) is 2.69. The number of amides is 1. The van der Waals surface area contributed by atoms with E-state index in [-0.39, 0.29) is 17.2 Å². The topological polar surface area (TPSA) is 55.6 Å². The zero-order valence-corrected chi connectivity index (χ0v) is 11.3. The second-order valence-corrected chi connectivity index (χ2v) is 4.31. The lowest BCUT2D eigenvalue weighted by molar-refractivity contribution is 0.0992. The van der Waals surface area contributed by atoms with E-state index in [9.17, 15) is 9.18 Å². The number of anilines is 2. The number of ether oxygens (including phenoxy) is 1. The zero-order valence-electron chi connectivity index (χ0n) is 11.3. The molecule has 1 amide bonds. The van der Waals surface area contributed by atoms with E-state index in [4.69, 9.17) is 10.5 Å². The second-order valence-electron chi connectivity index (χ2n) is 4.31. The number of carbonyl (C=O) groups is 1. The van der Waals surface area contributed by atoms with Crippen LogP contribution in [0, 0.1) is 5.82 Å². The van der Waals surface area contributed by atoms with Gasteiger partial charge in [0.2, 0.25) is 0 Å². The van der Waals surface area contributed by atoms with Crippen molar-refractivity contribution in [2.75, 3.05) is 24.8 Å². The van der Waals surface area contributed by atoms with E-state index in [0.29, 0.717) is 11.4 Å². The Bertz CT molecular complexity index is 626. The second kappa shape index (κ2) is 5.61. The summed E-state index contributed by atoms with van der Waals surface area (Å²) in [5, 5.41) is 0. The van der Waals surface area contributed by atoms with Crippen molar-refractivity contribution in [2.24, 2.45) is 0 Å². The molecular formula is C15H15FN2O2. The van der Waals surface area contributed by atoms with E-state index in [0.717, 1.165) is 6.07 Å². The summed E-state index contributed by atoms with van der Waals surface area (Å²) < 4.78 is 18.4. The standard InChI is InChI=1S/C15H15FN2O2/c1-18(12-6-4-11(17)5-7-12)15(19)10-3-8-14(20-2)13(16)9-10/h3-9H,17H2,1-2H3. The molecule has 0 spiro atoms. The van der Waals surface area contributed by atoms with Crippen molar-refractivity contribution in [3.05, 3.63) is 53.8 Å². The number of nitrogens with two attached hydrogens (primary N) is 1. The van der Waals surface area contributed by atoms with Gasteiger partial charge in [0.05, 0.1) is 7.11 Å². The van der Waals surface area contributed by atoms with Crippen molar-refractivity contribution >= 4 is 17.3 Å². The summed E-state index contributed by atoms with van der Waals surface area (Å²) in [5.41, 5.74) is 7.15. The number of nitrogens with zero attached hydrogens (tertiary/aromatic N) is 1. The van der Waals surface area contributed by atoms with Gasteiger partial charge in [0.1, 0.15) is 0 Å². The first kappa shape index (κ1) is 13.9. The number of carbonyl (C=O) groups excluding carboxylic acids is 1. The van der Waals surface area contributed by atoms with E-state index in [1.54, 1.807) is 31.3 Å². The van der Waals surface area contributed by atoms with Gasteiger partial charge in [-0.15, -0.1) is 0 Å². The summed E-state index contributed by atoms with van der Waals surface area (Å²) in [6.07, 6.45) is 0. The van der Waals surface area contributed by atoms with Crippen LogP contribution in [0.3, 0.4) is 0 Å². The molecule has 0 bridgehead atoms. The third-order valence-corrected chi connectivity index (χ3v) is 2.98. The Morgan fingerprint density at radius 1 is 1.20 bits per heavy atom. The minimum Gasteiger partial charge on any atom is -0.494 e. The van der Waals surface area contributed by atoms with E-state index in [1.165, 1.54) is 24.1 Å². The number of hydrogen-bond acceptors (Lipinski definition) is 3. The molecule has 0 aliphatic heterocycles. The summed E-state index contributed by atoms with van der Waals surface area (Å²) in [6.45, 7) is 0. The van der Waals surface area contributed by atoms with Gasteiger partial charge in [-0.2, -0.15) is 0 Å². The Morgan fingerprint density at radius 2 is 1.85 bits per heavy atom. The van der Waals surface area contributed by atoms with Gasteiger partial charge in [-0.3, -0.25) is 4.79 Å². The zero-order chi connectivity index (χ0) is 14.7. The molecule has 5 heteroatoms. The predicted molar refractivity (Wildman–Crippen MR) is 76.5 cm³/mol. The van der Waals surface area contributed by atoms with Crippen molar-refractivity contribution < 1.29 is 13.9 Å². The number of rotatable bonds is 3. The van der Waals surface area contributed by atoms with Crippen molar-refractivity contribution in [3.63, 3.8) is 0 Å². The maximum Gasteiger partial charge on any atom is 0.258 e. The SMILES string of the molecule is COc1ccc(C(=O)N(C)c2ccc(N)cc2)cc1F. The van der Waals surface area contributed by atoms with E-state index in [1.807, 2.05) is 0 Å². The van der Waals surface area contributed by atoms with Gasteiger partial charge in [0.15, 0.2) is 11.6 Å². The first-order valence-corrected chi connectivity index (χ1v) is 6.00. The third kappa shape index (κ3) is 2.71. The summed E-state index contributed by atoms with van der Waals surface area (Å²) in [4.78, 5) is 13.7. The van der Waals surface area contributed by atoms with Gasteiger partial charge in [0, 0.05) is 24.0 Å². The van der Waals surface area contributed by atoms with Crippen LogP contribution in [0.1, 0.15) is 10.4 Å². The lowest BCUT2D eigenvalue weighted by Crippen LogP contribution is -2.26. The molecule has 20 heavy (non-hydrogen) atoms. The summed E-state index contributed by atoms with van der Waals surface area (Å²) in [7, 11) is 3.00. The van der Waals surface area contributed by atoms with Crippen LogP contribution in [-0.2, 0) is 0 Å². The van der Waals surface area contributed by atoms with Crippen molar-refractivity contribution in [1.82, 2.24) is 0 Å². The highest BCUT2D eigenvalue weighted by atomic mass is 19.1. The van der Waals surface area contributed by atoms with E-state index >= 15 is 0 Å². The van der Waals surface area contributed by atoms with E-state index < -0.39 is 5.82 Å². The van der Waals surface area contributed by atoms with Crippen molar-refractivity contribution in [3.8, 4) is 5.75 Å². The molecule has 0 saturated heterocycles. The molecule has 2 N–H and O–H groups in total. The minimum absolute atomic E-state index is 0.108. The molecule has 4 nitrogen and oxygen atoms in total. The molecule has 2 rings (SSSR count). The van der Waals surface area contributed by atoms with Crippen molar-refractivity contribution in [1.29, 1.82) is 0 Å². The van der Waals surface area contributed by atoms with Crippen LogP contribution in [0.15, 0.2) is 42.5 Å². The molecule has 2 aromatic carbocycles. The first-order chi connectivity index (χ1) is 9.52. The van der Waals surface area contributed by atoms with Crippen LogP contribution in [0.2, 0.25) is 0 Å². The molecule has 0 atom stereocenters. The monoisotopic (exact) mass is 274 g/mol. The Balaban J connectivity index is 2.26. The molecular weight excluding hydrogens is 259 g/mol. The van der Waals surface area contributed by atoms with Crippen LogP contribution in [0.25, 0.3) is 0 Å². The normalized spacial score (nSPS) is 10.2. The number of hydrogen-bond donors (Lipinski definition) is 1. The largest absolute Gasteiger partial charge is 0.494 e. The fraction of sp³-hybridized carbons (Fsp3) is 0.133. The number of nitrogen functional groups attached to an aromatic ring is 1. The van der Waals surface area contributed by atoms with Crippen LogP contribution in [-0.4, -0.2) is 20.1 Å². The Hall–Kier alpha value is -2.56. The summed E-state index contributed by atoms with van der Waals surface area (Å²) in [6, 6.07) is 11.0. The smallest absolute Gasteiger partial charge is 0.258 e. The average Bonchev–Trinajstić information content (AvgIpc) is 2.46. The quantitative estimate of drug-likeness (QED) is 0.875. The molecule has 0 radical (unpaired) electrons. The van der Waals surface area contributed by atoms with Crippen LogP contribution in [0.5, 0.6) is 5.75 Å².